The molecule has 3 rings (SSSR count). The Balaban J connectivity index is 1.87. The topological polar surface area (TPSA) is 70.5 Å². The van der Waals surface area contributed by atoms with Gasteiger partial charge in [-0.1, -0.05) is 6.07 Å². The van der Waals surface area contributed by atoms with Gasteiger partial charge in [0.25, 0.3) is 5.91 Å². The number of aliphatic carboxylic acids is 1. The molecule has 0 bridgehead atoms. The number of fused-ring (bicyclic) bond motifs is 1. The number of nitrogens with zero attached hydrogens (tertiary/aromatic N) is 2. The lowest BCUT2D eigenvalue weighted by molar-refractivity contribution is -0.141. The van der Waals surface area contributed by atoms with E-state index in [1.807, 2.05) is 6.07 Å². The van der Waals surface area contributed by atoms with Crippen LogP contribution in [0.4, 0.5) is 0 Å². The predicted octanol–water partition coefficient (Wildman–Crippen LogP) is 1.31. The third-order valence-corrected chi connectivity index (χ3v) is 3.84. The molecule has 0 aliphatic carbocycles. The van der Waals surface area contributed by atoms with Crippen molar-refractivity contribution in [3.8, 4) is 0 Å². The van der Waals surface area contributed by atoms with Crippen molar-refractivity contribution in [2.45, 2.75) is 5.37 Å². The first-order chi connectivity index (χ1) is 8.68. The van der Waals surface area contributed by atoms with E-state index < -0.39 is 5.97 Å². The van der Waals surface area contributed by atoms with Gasteiger partial charge >= 0.3 is 5.97 Å². The molecule has 0 saturated carbocycles. The monoisotopic (exact) mass is 260 g/mol. The Hall–Kier alpha value is -2.08. The molecule has 3 heterocycles. The molecule has 1 fully saturated rings. The Morgan fingerprint density at radius 3 is 3.06 bits per heavy atom. The third-order valence-electron chi connectivity index (χ3n) is 2.76. The van der Waals surface area contributed by atoms with Crippen molar-refractivity contribution in [2.75, 3.05) is 0 Å². The fourth-order valence-corrected chi connectivity index (χ4v) is 3.03. The number of carboxylic acids is 1. The quantitative estimate of drug-likeness (QED) is 0.641. The molecule has 1 atom stereocenters. The van der Waals surface area contributed by atoms with Crippen LogP contribution in [0.25, 0.3) is 6.08 Å². The van der Waals surface area contributed by atoms with Gasteiger partial charge in [-0.25, -0.2) is 4.79 Å². The lowest BCUT2D eigenvalue weighted by Crippen LogP contribution is -2.51. The average molecular weight is 260 g/mol. The first-order valence-electron chi connectivity index (χ1n) is 5.22. The number of carbonyl (C=O) groups excluding carboxylic acids is 1. The van der Waals surface area contributed by atoms with Crippen LogP contribution < -0.4 is 0 Å². The summed E-state index contributed by atoms with van der Waals surface area (Å²) < 4.78 is 0. The highest BCUT2D eigenvalue weighted by Gasteiger charge is 2.49. The number of pyridine rings is 1. The van der Waals surface area contributed by atoms with Gasteiger partial charge in [0.05, 0.1) is 5.57 Å². The second kappa shape index (κ2) is 3.99. The van der Waals surface area contributed by atoms with Crippen molar-refractivity contribution >= 4 is 29.7 Å². The molecule has 2 aliphatic rings. The third kappa shape index (κ3) is 1.53. The zero-order chi connectivity index (χ0) is 12.7. The van der Waals surface area contributed by atoms with E-state index in [1.54, 1.807) is 24.5 Å². The van der Waals surface area contributed by atoms with E-state index in [1.165, 1.54) is 22.1 Å². The van der Waals surface area contributed by atoms with Crippen LogP contribution in [-0.4, -0.2) is 32.2 Å². The number of thioether (sulfide) groups is 1. The minimum absolute atomic E-state index is 0.0540. The second-order valence-corrected chi connectivity index (χ2v) is 4.81. The number of rotatable bonds is 2. The fourth-order valence-electron chi connectivity index (χ4n) is 1.91. The van der Waals surface area contributed by atoms with Crippen molar-refractivity contribution in [1.82, 2.24) is 9.88 Å². The molecule has 0 radical (unpaired) electrons. The van der Waals surface area contributed by atoms with Gasteiger partial charge < -0.3 is 5.11 Å². The first-order valence-corrected chi connectivity index (χ1v) is 6.17. The van der Waals surface area contributed by atoms with Gasteiger partial charge in [-0.15, -0.1) is 11.8 Å². The molecular formula is C12H8N2O3S. The fraction of sp³-hybridized carbons (Fsp3) is 0.0833. The van der Waals surface area contributed by atoms with E-state index in [9.17, 15) is 9.59 Å². The van der Waals surface area contributed by atoms with Crippen molar-refractivity contribution in [3.63, 3.8) is 0 Å². The number of carbonyl (C=O) groups is 2. The smallest absolute Gasteiger partial charge is 0.353 e. The number of hydrogen-bond acceptors (Lipinski definition) is 4. The highest BCUT2D eigenvalue weighted by molar-refractivity contribution is 8.03. The maximum absolute atomic E-state index is 11.9. The van der Waals surface area contributed by atoms with Gasteiger partial charge in [-0.3, -0.25) is 14.7 Å². The zero-order valence-corrected chi connectivity index (χ0v) is 9.92. The molecule has 0 unspecified atom stereocenters. The molecule has 5 nitrogen and oxygen atoms in total. The van der Waals surface area contributed by atoms with Crippen molar-refractivity contribution in [3.05, 3.63) is 46.8 Å². The Kier molecular flexibility index (Phi) is 2.45. The van der Waals surface area contributed by atoms with E-state index in [4.69, 9.17) is 5.11 Å². The van der Waals surface area contributed by atoms with E-state index in [0.717, 1.165) is 5.56 Å². The van der Waals surface area contributed by atoms with E-state index in [2.05, 4.69) is 4.98 Å². The summed E-state index contributed by atoms with van der Waals surface area (Å²) in [6.07, 6.45) is 5.07. The van der Waals surface area contributed by atoms with Gasteiger partial charge in [0, 0.05) is 17.8 Å². The number of hydrogen-bond donors (Lipinski definition) is 1. The summed E-state index contributed by atoms with van der Waals surface area (Å²) >= 11 is 1.33. The Morgan fingerprint density at radius 2 is 2.39 bits per heavy atom. The summed E-state index contributed by atoms with van der Waals surface area (Å²) in [4.78, 5) is 28.0. The molecular weight excluding hydrogens is 252 g/mol. The molecule has 1 amide bonds. The minimum Gasteiger partial charge on any atom is -0.477 e. The van der Waals surface area contributed by atoms with Gasteiger partial charge in [-0.05, 0) is 17.7 Å². The normalized spacial score (nSPS) is 23.7. The average Bonchev–Trinajstić information content (AvgIpc) is 2.77. The molecule has 18 heavy (non-hydrogen) atoms. The highest BCUT2D eigenvalue weighted by atomic mass is 32.2. The Bertz CT molecular complexity index is 595. The number of amides is 1. The molecule has 1 aromatic heterocycles. The Labute approximate surface area is 107 Å². The summed E-state index contributed by atoms with van der Waals surface area (Å²) in [6.45, 7) is 0. The number of carboxylic acid groups (broad SMARTS) is 1. The molecule has 2 aliphatic heterocycles. The number of β-lactam (4-membered cyclic amide) rings is 1. The Morgan fingerprint density at radius 1 is 1.56 bits per heavy atom. The van der Waals surface area contributed by atoms with Crippen molar-refractivity contribution in [1.29, 1.82) is 0 Å². The van der Waals surface area contributed by atoms with Crippen LogP contribution in [0.5, 0.6) is 0 Å². The van der Waals surface area contributed by atoms with Gasteiger partial charge in [-0.2, -0.15) is 0 Å². The number of aromatic nitrogens is 1. The standard InChI is InChI=1S/C12H8N2O3S/c15-10-8(4-7-2-1-3-13-5-7)11-14(10)9(6-18-11)12(16)17/h1-6,11H,(H,16,17)/t11-/m1/s1. The van der Waals surface area contributed by atoms with Gasteiger partial charge in [0.2, 0.25) is 0 Å². The zero-order valence-electron chi connectivity index (χ0n) is 9.11. The lowest BCUT2D eigenvalue weighted by Gasteiger charge is -2.37. The van der Waals surface area contributed by atoms with Crippen LogP contribution in [0.1, 0.15) is 5.56 Å². The highest BCUT2D eigenvalue weighted by Crippen LogP contribution is 2.44. The summed E-state index contributed by atoms with van der Waals surface area (Å²) in [5.74, 6) is -1.32. The first kappa shape index (κ1) is 11.0. The summed E-state index contributed by atoms with van der Waals surface area (Å²) in [7, 11) is 0. The molecule has 0 spiro atoms. The molecule has 0 aromatic carbocycles. The van der Waals surface area contributed by atoms with Gasteiger partial charge in [0.15, 0.2) is 0 Å². The summed E-state index contributed by atoms with van der Waals surface area (Å²) in [5, 5.41) is 10.2. The summed E-state index contributed by atoms with van der Waals surface area (Å²) in [5.41, 5.74) is 1.50. The van der Waals surface area contributed by atoms with Crippen LogP contribution >= 0.6 is 11.8 Å². The van der Waals surface area contributed by atoms with Crippen LogP contribution in [0.2, 0.25) is 0 Å². The maximum Gasteiger partial charge on any atom is 0.353 e. The summed E-state index contributed by atoms with van der Waals surface area (Å²) in [6, 6.07) is 3.64. The molecule has 1 saturated heterocycles. The van der Waals surface area contributed by atoms with E-state index in [0.29, 0.717) is 5.57 Å². The lowest BCUT2D eigenvalue weighted by atomic mass is 10.0. The second-order valence-electron chi connectivity index (χ2n) is 3.86. The van der Waals surface area contributed by atoms with Crippen molar-refractivity contribution in [2.24, 2.45) is 0 Å². The van der Waals surface area contributed by atoms with Gasteiger partial charge in [0.1, 0.15) is 11.1 Å². The SMILES string of the molecule is O=C(O)C1=CS[C@@H]2C(=Cc3cccnc3)C(=O)N12. The van der Waals surface area contributed by atoms with Crippen LogP contribution in [0.15, 0.2) is 41.2 Å². The molecule has 1 aromatic rings. The van der Waals surface area contributed by atoms with E-state index >= 15 is 0 Å². The van der Waals surface area contributed by atoms with Crippen LogP contribution in [0, 0.1) is 0 Å². The van der Waals surface area contributed by atoms with E-state index in [-0.39, 0.29) is 17.0 Å². The molecule has 90 valence electrons. The largest absolute Gasteiger partial charge is 0.477 e. The maximum atomic E-state index is 11.9. The minimum atomic E-state index is -1.07. The molecule has 1 N–H and O–H groups in total. The predicted molar refractivity (Wildman–Crippen MR) is 66.2 cm³/mol. The molecule has 6 heteroatoms. The van der Waals surface area contributed by atoms with Crippen LogP contribution in [0.3, 0.4) is 0 Å². The van der Waals surface area contributed by atoms with Crippen molar-refractivity contribution < 1.29 is 14.7 Å². The van der Waals surface area contributed by atoms with Crippen LogP contribution in [-0.2, 0) is 9.59 Å².